The van der Waals surface area contributed by atoms with Gasteiger partial charge in [0.2, 0.25) is 0 Å². The molecule has 3 heterocycles. The first-order chi connectivity index (χ1) is 13.7. The van der Waals surface area contributed by atoms with Crippen molar-refractivity contribution in [2.45, 2.75) is 38.8 Å². The summed E-state index contributed by atoms with van der Waals surface area (Å²) in [4.78, 5) is 14.4. The number of hydrogen-bond acceptors (Lipinski definition) is 6. The van der Waals surface area contributed by atoms with Gasteiger partial charge in [-0.25, -0.2) is 0 Å². The molecule has 2 aromatic rings. The number of hydrogen-bond donors (Lipinski definition) is 1. The summed E-state index contributed by atoms with van der Waals surface area (Å²) >= 11 is 0. The van der Waals surface area contributed by atoms with E-state index in [2.05, 4.69) is 20.1 Å². The molecule has 0 aliphatic carbocycles. The van der Waals surface area contributed by atoms with Crippen molar-refractivity contribution in [1.82, 2.24) is 25.0 Å². The zero-order valence-electron chi connectivity index (χ0n) is 16.5. The number of fused-ring (bicyclic) bond motifs is 1. The molecule has 1 saturated heterocycles. The summed E-state index contributed by atoms with van der Waals surface area (Å²) in [6, 6.07) is 5.58. The number of aryl methyl sites for hydroxylation is 1. The molecule has 8 heteroatoms. The molecule has 28 heavy (non-hydrogen) atoms. The highest BCUT2D eigenvalue weighted by Crippen LogP contribution is 2.28. The van der Waals surface area contributed by atoms with Crippen LogP contribution in [0.3, 0.4) is 0 Å². The van der Waals surface area contributed by atoms with E-state index in [1.54, 1.807) is 7.11 Å². The van der Waals surface area contributed by atoms with Crippen LogP contribution >= 0.6 is 0 Å². The lowest BCUT2D eigenvalue weighted by atomic mass is 9.95. The fourth-order valence-corrected chi connectivity index (χ4v) is 3.98. The zero-order chi connectivity index (χ0) is 19.5. The maximum atomic E-state index is 12.5. The molecule has 1 fully saturated rings. The van der Waals surface area contributed by atoms with Gasteiger partial charge in [-0.15, -0.1) is 10.2 Å². The van der Waals surface area contributed by atoms with Gasteiger partial charge in [-0.2, -0.15) is 0 Å². The van der Waals surface area contributed by atoms with Gasteiger partial charge in [-0.3, -0.25) is 4.79 Å². The molecule has 2 aliphatic rings. The summed E-state index contributed by atoms with van der Waals surface area (Å²) in [5.74, 6) is 3.99. The van der Waals surface area contributed by atoms with E-state index in [4.69, 9.17) is 9.47 Å². The molecule has 0 bridgehead atoms. The van der Waals surface area contributed by atoms with E-state index in [0.717, 1.165) is 68.5 Å². The summed E-state index contributed by atoms with van der Waals surface area (Å²) in [7, 11) is 1.64. The molecule has 1 aromatic heterocycles. The molecule has 4 rings (SSSR count). The Kier molecular flexibility index (Phi) is 5.47. The van der Waals surface area contributed by atoms with Crippen LogP contribution in [0.2, 0.25) is 0 Å². The SMILES string of the molecule is COc1ccc(OCC(=O)N2CCC(c3nnc4n3CCNC4)CC2)cc1C. The Hall–Kier alpha value is -2.61. The van der Waals surface area contributed by atoms with Gasteiger partial charge in [0.1, 0.15) is 23.1 Å². The number of ether oxygens (including phenoxy) is 2. The molecule has 1 N–H and O–H groups in total. The lowest BCUT2D eigenvalue weighted by Crippen LogP contribution is -2.41. The molecule has 1 amide bonds. The third kappa shape index (κ3) is 3.82. The molecular formula is C20H27N5O3. The van der Waals surface area contributed by atoms with E-state index in [1.165, 1.54) is 0 Å². The van der Waals surface area contributed by atoms with Gasteiger partial charge >= 0.3 is 0 Å². The van der Waals surface area contributed by atoms with Crippen LogP contribution in [0.4, 0.5) is 0 Å². The topological polar surface area (TPSA) is 81.5 Å². The molecule has 1 aromatic carbocycles. The number of methoxy groups -OCH3 is 1. The molecule has 0 radical (unpaired) electrons. The Balaban J connectivity index is 1.29. The maximum absolute atomic E-state index is 12.5. The van der Waals surface area contributed by atoms with E-state index in [0.29, 0.717) is 11.7 Å². The van der Waals surface area contributed by atoms with Crippen molar-refractivity contribution in [2.24, 2.45) is 0 Å². The Morgan fingerprint density at radius 3 is 2.82 bits per heavy atom. The molecule has 0 saturated carbocycles. The molecule has 2 aliphatic heterocycles. The normalized spacial score (nSPS) is 17.3. The van der Waals surface area contributed by atoms with Gasteiger partial charge in [0.05, 0.1) is 13.7 Å². The standard InChI is InChI=1S/C20H27N5O3/c1-14-11-16(3-4-17(14)27-2)28-13-19(26)24-8-5-15(6-9-24)20-23-22-18-12-21-7-10-25(18)20/h3-4,11,15,21H,5-10,12-13H2,1-2H3. The minimum Gasteiger partial charge on any atom is -0.496 e. The Morgan fingerprint density at radius 1 is 1.25 bits per heavy atom. The minimum atomic E-state index is 0.0272. The molecular weight excluding hydrogens is 358 g/mol. The maximum Gasteiger partial charge on any atom is 0.260 e. The predicted octanol–water partition coefficient (Wildman–Crippen LogP) is 1.48. The minimum absolute atomic E-state index is 0.0272. The number of nitrogens with zero attached hydrogens (tertiary/aromatic N) is 4. The molecule has 0 spiro atoms. The first kappa shape index (κ1) is 18.7. The number of likely N-dealkylation sites (tertiary alicyclic amines) is 1. The van der Waals surface area contributed by atoms with Gasteiger partial charge in [-0.1, -0.05) is 0 Å². The van der Waals surface area contributed by atoms with Gasteiger partial charge in [0.15, 0.2) is 6.61 Å². The number of nitrogens with one attached hydrogen (secondary N) is 1. The molecule has 0 unspecified atom stereocenters. The number of benzene rings is 1. The van der Waals surface area contributed by atoms with Crippen molar-refractivity contribution in [3.63, 3.8) is 0 Å². The molecule has 150 valence electrons. The third-order valence-electron chi connectivity index (χ3n) is 5.59. The van der Waals surface area contributed by atoms with Crippen molar-refractivity contribution in [3.05, 3.63) is 35.4 Å². The van der Waals surface area contributed by atoms with Crippen LogP contribution in [0, 0.1) is 6.92 Å². The second-order valence-electron chi connectivity index (χ2n) is 7.38. The first-order valence-electron chi connectivity index (χ1n) is 9.83. The summed E-state index contributed by atoms with van der Waals surface area (Å²) in [5.41, 5.74) is 0.986. The van der Waals surface area contributed by atoms with Crippen LogP contribution in [0.15, 0.2) is 18.2 Å². The Labute approximate surface area is 164 Å². The summed E-state index contributed by atoms with van der Waals surface area (Å²) in [6.45, 7) is 6.14. The van der Waals surface area contributed by atoms with Crippen LogP contribution in [-0.4, -0.2) is 58.9 Å². The fraction of sp³-hybridized carbons (Fsp3) is 0.550. The monoisotopic (exact) mass is 385 g/mol. The van der Waals surface area contributed by atoms with Crippen molar-refractivity contribution in [2.75, 3.05) is 33.4 Å². The number of carbonyl (C=O) groups excluding carboxylic acids is 1. The van der Waals surface area contributed by atoms with Gasteiger partial charge in [0, 0.05) is 32.1 Å². The van der Waals surface area contributed by atoms with Gasteiger partial charge in [0.25, 0.3) is 5.91 Å². The van der Waals surface area contributed by atoms with Gasteiger partial charge < -0.3 is 24.3 Å². The highest BCUT2D eigenvalue weighted by Gasteiger charge is 2.28. The molecule has 8 nitrogen and oxygen atoms in total. The van der Waals surface area contributed by atoms with Crippen LogP contribution in [-0.2, 0) is 17.9 Å². The van der Waals surface area contributed by atoms with E-state index in [1.807, 2.05) is 30.0 Å². The Morgan fingerprint density at radius 2 is 2.07 bits per heavy atom. The van der Waals surface area contributed by atoms with E-state index < -0.39 is 0 Å². The highest BCUT2D eigenvalue weighted by molar-refractivity contribution is 5.77. The van der Waals surface area contributed by atoms with Crippen molar-refractivity contribution in [3.8, 4) is 11.5 Å². The largest absolute Gasteiger partial charge is 0.496 e. The lowest BCUT2D eigenvalue weighted by molar-refractivity contribution is -0.134. The second-order valence-corrected chi connectivity index (χ2v) is 7.38. The zero-order valence-corrected chi connectivity index (χ0v) is 16.5. The average Bonchev–Trinajstić information content (AvgIpc) is 3.16. The van der Waals surface area contributed by atoms with Crippen molar-refractivity contribution >= 4 is 5.91 Å². The smallest absolute Gasteiger partial charge is 0.260 e. The quantitative estimate of drug-likeness (QED) is 0.840. The fourth-order valence-electron chi connectivity index (χ4n) is 3.98. The average molecular weight is 385 g/mol. The summed E-state index contributed by atoms with van der Waals surface area (Å²) in [6.07, 6.45) is 1.83. The lowest BCUT2D eigenvalue weighted by Gasteiger charge is -2.32. The van der Waals surface area contributed by atoms with Crippen LogP contribution < -0.4 is 14.8 Å². The number of aromatic nitrogens is 3. The van der Waals surface area contributed by atoms with Crippen molar-refractivity contribution in [1.29, 1.82) is 0 Å². The number of amides is 1. The van der Waals surface area contributed by atoms with E-state index in [9.17, 15) is 4.79 Å². The molecule has 0 atom stereocenters. The van der Waals surface area contributed by atoms with Crippen LogP contribution in [0.5, 0.6) is 11.5 Å². The van der Waals surface area contributed by atoms with E-state index >= 15 is 0 Å². The predicted molar refractivity (Wildman–Crippen MR) is 104 cm³/mol. The second kappa shape index (κ2) is 8.18. The number of rotatable bonds is 5. The summed E-state index contributed by atoms with van der Waals surface area (Å²) in [5, 5.41) is 12.1. The van der Waals surface area contributed by atoms with E-state index in [-0.39, 0.29) is 12.5 Å². The van der Waals surface area contributed by atoms with Crippen molar-refractivity contribution < 1.29 is 14.3 Å². The van der Waals surface area contributed by atoms with Crippen LogP contribution in [0.1, 0.15) is 36.0 Å². The number of piperidine rings is 1. The summed E-state index contributed by atoms with van der Waals surface area (Å²) < 4.78 is 13.2. The first-order valence-corrected chi connectivity index (χ1v) is 9.83. The third-order valence-corrected chi connectivity index (χ3v) is 5.59. The van der Waals surface area contributed by atoms with Gasteiger partial charge in [-0.05, 0) is 43.5 Å². The number of carbonyl (C=O) groups is 1. The van der Waals surface area contributed by atoms with Crippen LogP contribution in [0.25, 0.3) is 0 Å². The Bertz CT molecular complexity index is 842. The highest BCUT2D eigenvalue weighted by atomic mass is 16.5.